The largest absolute Gasteiger partial charge is 0.377 e. The summed E-state index contributed by atoms with van der Waals surface area (Å²) < 4.78 is 11.1. The fourth-order valence-electron chi connectivity index (χ4n) is 3.44. The van der Waals surface area contributed by atoms with Crippen LogP contribution in [0.25, 0.3) is 0 Å². The highest BCUT2D eigenvalue weighted by molar-refractivity contribution is 5.65. The third-order valence-corrected chi connectivity index (χ3v) is 5.04. The number of ether oxygens (including phenoxy) is 2. The molecule has 3 unspecified atom stereocenters. The van der Waals surface area contributed by atoms with Gasteiger partial charge in [-0.2, -0.15) is 0 Å². The molecule has 0 aromatic heterocycles. The van der Waals surface area contributed by atoms with Gasteiger partial charge in [-0.1, -0.05) is 6.07 Å². The topological polar surface area (TPSA) is 107 Å². The average molecular weight is 380 g/mol. The highest BCUT2D eigenvalue weighted by Gasteiger charge is 2.18. The maximum absolute atomic E-state index is 10.2. The molecule has 0 saturated carbocycles. The molecule has 2 saturated heterocycles. The van der Waals surface area contributed by atoms with E-state index in [-0.39, 0.29) is 12.2 Å². The number of rotatable bonds is 10. The molecular formula is C19H32N4O4. The molecule has 1 aromatic rings. The molecule has 4 atom stereocenters. The molecule has 0 amide bonds. The number of hydrogen-bond donors (Lipinski definition) is 6. The van der Waals surface area contributed by atoms with Crippen LogP contribution in [0, 0.1) is 6.92 Å². The standard InChI is InChI=1S/C19H32N4O4/c1-13-16(22-18(24)20-11-14-5-3-9-26-14)7-2-8-17(13)23-19(25)21-12-15-6-4-10-27-15/h2,7-8,14-15,18-25H,3-6,9-12H2,1H3/t14?,15?,18-,19?/m0/s1. The van der Waals surface area contributed by atoms with Gasteiger partial charge in [0, 0.05) is 37.7 Å². The molecule has 0 aliphatic carbocycles. The zero-order valence-electron chi connectivity index (χ0n) is 15.9. The van der Waals surface area contributed by atoms with E-state index in [1.165, 1.54) is 0 Å². The van der Waals surface area contributed by atoms with Gasteiger partial charge in [-0.25, -0.2) is 0 Å². The fourth-order valence-corrected chi connectivity index (χ4v) is 3.44. The maximum Gasteiger partial charge on any atom is 0.181 e. The summed E-state index contributed by atoms with van der Waals surface area (Å²) in [5, 5.41) is 32.6. The maximum atomic E-state index is 10.2. The SMILES string of the molecule is Cc1c(NC(O)NCC2CCCO2)cccc1N[C@@H](O)NCC1CCCO1. The van der Waals surface area contributed by atoms with Crippen LogP contribution < -0.4 is 21.3 Å². The first-order valence-corrected chi connectivity index (χ1v) is 9.80. The Bertz CT molecular complexity index is 531. The first-order chi connectivity index (χ1) is 13.1. The Balaban J connectivity index is 1.46. The monoisotopic (exact) mass is 380 g/mol. The van der Waals surface area contributed by atoms with Crippen LogP contribution in [0.4, 0.5) is 11.4 Å². The molecule has 0 bridgehead atoms. The van der Waals surface area contributed by atoms with E-state index in [1.807, 2.05) is 25.1 Å². The van der Waals surface area contributed by atoms with Crippen molar-refractivity contribution in [2.24, 2.45) is 0 Å². The third kappa shape index (κ3) is 6.31. The first-order valence-electron chi connectivity index (χ1n) is 9.80. The molecule has 8 nitrogen and oxygen atoms in total. The van der Waals surface area contributed by atoms with Crippen LogP contribution in [0.2, 0.25) is 0 Å². The Morgan fingerprint density at radius 3 is 1.81 bits per heavy atom. The molecule has 0 spiro atoms. The van der Waals surface area contributed by atoms with Gasteiger partial charge in [0.2, 0.25) is 0 Å². The Labute approximate surface area is 160 Å². The number of nitrogens with one attached hydrogen (secondary N) is 4. The van der Waals surface area contributed by atoms with Gasteiger partial charge in [0.15, 0.2) is 12.7 Å². The van der Waals surface area contributed by atoms with Crippen molar-refractivity contribution in [2.75, 3.05) is 36.9 Å². The van der Waals surface area contributed by atoms with Crippen molar-refractivity contribution in [2.45, 2.75) is 57.5 Å². The molecule has 3 rings (SSSR count). The molecule has 6 N–H and O–H groups in total. The van der Waals surface area contributed by atoms with E-state index in [1.54, 1.807) is 0 Å². The van der Waals surface area contributed by atoms with Crippen molar-refractivity contribution >= 4 is 11.4 Å². The predicted molar refractivity (Wildman–Crippen MR) is 104 cm³/mol. The van der Waals surface area contributed by atoms with E-state index in [0.29, 0.717) is 13.1 Å². The van der Waals surface area contributed by atoms with Gasteiger partial charge in [0.05, 0.1) is 12.2 Å². The van der Waals surface area contributed by atoms with E-state index in [0.717, 1.165) is 55.8 Å². The van der Waals surface area contributed by atoms with E-state index in [9.17, 15) is 10.2 Å². The van der Waals surface area contributed by atoms with Crippen LogP contribution in [0.1, 0.15) is 31.2 Å². The summed E-state index contributed by atoms with van der Waals surface area (Å²) in [5.41, 5.74) is 2.49. The summed E-state index contributed by atoms with van der Waals surface area (Å²) in [6.07, 6.45) is 2.79. The molecule has 8 heteroatoms. The quantitative estimate of drug-likeness (QED) is 0.333. The smallest absolute Gasteiger partial charge is 0.181 e. The summed E-state index contributed by atoms with van der Waals surface area (Å²) in [5.74, 6) is 0. The van der Waals surface area contributed by atoms with Crippen molar-refractivity contribution < 1.29 is 19.7 Å². The Kier molecular flexibility index (Phi) is 7.69. The number of hydrogen-bond acceptors (Lipinski definition) is 8. The predicted octanol–water partition coefficient (Wildman–Crippen LogP) is 0.908. The minimum absolute atomic E-state index is 0.167. The molecule has 2 aliphatic heterocycles. The van der Waals surface area contributed by atoms with Crippen LogP contribution in [-0.4, -0.2) is 61.4 Å². The summed E-state index contributed by atoms with van der Waals surface area (Å²) in [6.45, 7) is 4.75. The lowest BCUT2D eigenvalue weighted by Gasteiger charge is -2.22. The summed E-state index contributed by atoms with van der Waals surface area (Å²) in [7, 11) is 0. The van der Waals surface area contributed by atoms with Gasteiger partial charge in [-0.05, 0) is 50.3 Å². The van der Waals surface area contributed by atoms with Crippen molar-refractivity contribution in [1.82, 2.24) is 10.6 Å². The molecule has 152 valence electrons. The van der Waals surface area contributed by atoms with Gasteiger partial charge in [0.1, 0.15) is 0 Å². The van der Waals surface area contributed by atoms with Crippen molar-refractivity contribution in [3.05, 3.63) is 23.8 Å². The normalized spacial score (nSPS) is 24.7. The molecule has 2 heterocycles. The van der Waals surface area contributed by atoms with Crippen LogP contribution in [-0.2, 0) is 9.47 Å². The van der Waals surface area contributed by atoms with Crippen LogP contribution in [0.15, 0.2) is 18.2 Å². The Morgan fingerprint density at radius 1 is 0.926 bits per heavy atom. The molecule has 1 aromatic carbocycles. The van der Waals surface area contributed by atoms with Gasteiger partial charge in [-0.15, -0.1) is 0 Å². The average Bonchev–Trinajstić information content (AvgIpc) is 3.35. The van der Waals surface area contributed by atoms with Gasteiger partial charge in [0.25, 0.3) is 0 Å². The minimum atomic E-state index is -0.870. The molecular weight excluding hydrogens is 348 g/mol. The highest BCUT2D eigenvalue weighted by Crippen LogP contribution is 2.24. The highest BCUT2D eigenvalue weighted by atomic mass is 16.5. The number of anilines is 2. The molecule has 0 radical (unpaired) electrons. The molecule has 27 heavy (non-hydrogen) atoms. The lowest BCUT2D eigenvalue weighted by Crippen LogP contribution is -2.41. The molecule has 2 aliphatic rings. The van der Waals surface area contributed by atoms with Crippen LogP contribution in [0.3, 0.4) is 0 Å². The second kappa shape index (κ2) is 10.2. The second-order valence-electron chi connectivity index (χ2n) is 7.16. The van der Waals surface area contributed by atoms with E-state index < -0.39 is 12.7 Å². The third-order valence-electron chi connectivity index (χ3n) is 5.04. The van der Waals surface area contributed by atoms with E-state index in [4.69, 9.17) is 9.47 Å². The number of aliphatic hydroxyl groups is 2. The zero-order chi connectivity index (χ0) is 19.1. The minimum Gasteiger partial charge on any atom is -0.377 e. The first kappa shape index (κ1) is 20.3. The molecule has 2 fully saturated rings. The number of benzene rings is 1. The van der Waals surface area contributed by atoms with Crippen molar-refractivity contribution in [1.29, 1.82) is 0 Å². The lowest BCUT2D eigenvalue weighted by molar-refractivity contribution is 0.0864. The second-order valence-corrected chi connectivity index (χ2v) is 7.16. The van der Waals surface area contributed by atoms with Crippen LogP contribution >= 0.6 is 0 Å². The fraction of sp³-hybridized carbons (Fsp3) is 0.684. The van der Waals surface area contributed by atoms with Gasteiger partial charge < -0.3 is 30.3 Å². The zero-order valence-corrected chi connectivity index (χ0v) is 15.9. The van der Waals surface area contributed by atoms with Crippen LogP contribution in [0.5, 0.6) is 0 Å². The van der Waals surface area contributed by atoms with E-state index in [2.05, 4.69) is 21.3 Å². The van der Waals surface area contributed by atoms with Crippen molar-refractivity contribution in [3.8, 4) is 0 Å². The lowest BCUT2D eigenvalue weighted by atomic mass is 10.1. The summed E-state index contributed by atoms with van der Waals surface area (Å²) in [6, 6.07) is 5.66. The Morgan fingerprint density at radius 2 is 1.41 bits per heavy atom. The summed E-state index contributed by atoms with van der Waals surface area (Å²) >= 11 is 0. The van der Waals surface area contributed by atoms with Gasteiger partial charge >= 0.3 is 0 Å². The summed E-state index contributed by atoms with van der Waals surface area (Å²) in [4.78, 5) is 0. The van der Waals surface area contributed by atoms with Gasteiger partial charge in [-0.3, -0.25) is 10.6 Å². The number of aliphatic hydroxyl groups excluding tert-OH is 2. The Hall–Kier alpha value is -1.42. The van der Waals surface area contributed by atoms with E-state index >= 15 is 0 Å². The van der Waals surface area contributed by atoms with Crippen molar-refractivity contribution in [3.63, 3.8) is 0 Å².